The molecule has 45 heavy (non-hydrogen) atoms. The van der Waals surface area contributed by atoms with Crippen LogP contribution in [0.4, 0.5) is 14.5 Å². The van der Waals surface area contributed by atoms with Crippen molar-refractivity contribution in [1.82, 2.24) is 34.6 Å². The van der Waals surface area contributed by atoms with E-state index in [0.717, 1.165) is 25.8 Å². The first-order valence-corrected chi connectivity index (χ1v) is 14.7. The van der Waals surface area contributed by atoms with Gasteiger partial charge in [-0.15, -0.1) is 0 Å². The van der Waals surface area contributed by atoms with E-state index in [2.05, 4.69) is 31.9 Å². The summed E-state index contributed by atoms with van der Waals surface area (Å²) in [4.78, 5) is 32.6. The number of anilines is 1. The highest BCUT2D eigenvalue weighted by molar-refractivity contribution is 6.31. The molecule has 4 aromatic rings. The molecule has 1 fully saturated rings. The SMILES string of the molecule is CC(C)(C#N)CCNC1CCN(C(=O)Cn2cc(NC(=O)c3cnn4cccnc34)c(-c3cc(Cl)ccc3OC(F)F)n2)CC1. The van der Waals surface area contributed by atoms with Crippen LogP contribution in [0.25, 0.3) is 16.9 Å². The van der Waals surface area contributed by atoms with Crippen molar-refractivity contribution in [3.8, 4) is 23.1 Å². The van der Waals surface area contributed by atoms with Gasteiger partial charge >= 0.3 is 6.61 Å². The standard InChI is InChI=1S/C30H32ClF2N9O3/c1-30(2,18-34)8-10-35-20-6-12-40(13-7-20)25(43)17-41-16-23(38-28(44)22-15-37-42-11-3-9-36-27(22)42)26(39-41)21-14-19(31)4-5-24(21)45-29(32)33/h3-5,9,11,14-16,20,29,35H,6-8,10,12-13,17H2,1-2H3,(H,38,44). The van der Waals surface area contributed by atoms with Gasteiger partial charge in [0.05, 0.1) is 23.4 Å². The number of carbonyl (C=O) groups excluding carboxylic acids is 2. The van der Waals surface area contributed by atoms with Gasteiger partial charge in [-0.25, -0.2) is 9.50 Å². The van der Waals surface area contributed by atoms with Crippen LogP contribution < -0.4 is 15.4 Å². The number of piperidine rings is 1. The molecule has 236 valence electrons. The predicted molar refractivity (Wildman–Crippen MR) is 162 cm³/mol. The molecule has 1 aromatic carbocycles. The number of halogens is 3. The van der Waals surface area contributed by atoms with Crippen molar-refractivity contribution in [2.75, 3.05) is 25.0 Å². The number of nitrogens with one attached hydrogen (secondary N) is 2. The summed E-state index contributed by atoms with van der Waals surface area (Å²) in [5.41, 5.74) is 0.429. The lowest BCUT2D eigenvalue weighted by Crippen LogP contribution is -2.46. The van der Waals surface area contributed by atoms with E-state index in [4.69, 9.17) is 16.3 Å². The van der Waals surface area contributed by atoms with Crippen LogP contribution in [0.1, 0.15) is 43.5 Å². The molecule has 0 unspecified atom stereocenters. The molecule has 5 rings (SSSR count). The molecule has 0 bridgehead atoms. The monoisotopic (exact) mass is 639 g/mol. The molecule has 1 aliphatic rings. The summed E-state index contributed by atoms with van der Waals surface area (Å²) in [7, 11) is 0. The lowest BCUT2D eigenvalue weighted by Gasteiger charge is -2.33. The normalized spacial score (nSPS) is 14.1. The van der Waals surface area contributed by atoms with Crippen LogP contribution in [0, 0.1) is 16.7 Å². The third kappa shape index (κ3) is 7.73. The van der Waals surface area contributed by atoms with Gasteiger partial charge in [-0.05, 0) is 63.9 Å². The Bertz CT molecular complexity index is 1720. The van der Waals surface area contributed by atoms with E-state index in [-0.39, 0.29) is 51.8 Å². The number of hydrogen-bond donors (Lipinski definition) is 2. The number of aromatic nitrogens is 5. The van der Waals surface area contributed by atoms with Crippen molar-refractivity contribution < 1.29 is 23.1 Å². The number of nitriles is 1. The van der Waals surface area contributed by atoms with Gasteiger partial charge in [-0.3, -0.25) is 14.3 Å². The quantitative estimate of drug-likeness (QED) is 0.242. The van der Waals surface area contributed by atoms with Gasteiger partial charge in [0, 0.05) is 48.3 Å². The Balaban J connectivity index is 1.34. The summed E-state index contributed by atoms with van der Waals surface area (Å²) < 4.78 is 34.1. The molecule has 0 atom stereocenters. The molecule has 2 N–H and O–H groups in total. The highest BCUT2D eigenvalue weighted by Gasteiger charge is 2.26. The van der Waals surface area contributed by atoms with Crippen molar-refractivity contribution in [1.29, 1.82) is 5.26 Å². The number of likely N-dealkylation sites (tertiary alicyclic amines) is 1. The summed E-state index contributed by atoms with van der Waals surface area (Å²) >= 11 is 6.21. The van der Waals surface area contributed by atoms with E-state index in [0.29, 0.717) is 18.7 Å². The highest BCUT2D eigenvalue weighted by Crippen LogP contribution is 2.37. The average molecular weight is 640 g/mol. The lowest BCUT2D eigenvalue weighted by atomic mass is 9.91. The zero-order valence-corrected chi connectivity index (χ0v) is 25.5. The fourth-order valence-corrected chi connectivity index (χ4v) is 5.24. The number of hydrogen-bond acceptors (Lipinski definition) is 8. The first kappa shape index (κ1) is 31.8. The number of carbonyl (C=O) groups is 2. The molecule has 0 saturated carbocycles. The molecule has 0 spiro atoms. The average Bonchev–Trinajstić information content (AvgIpc) is 3.62. The molecule has 3 aromatic heterocycles. The zero-order valence-electron chi connectivity index (χ0n) is 24.7. The van der Waals surface area contributed by atoms with Crippen molar-refractivity contribution >= 4 is 34.7 Å². The van der Waals surface area contributed by atoms with Crippen LogP contribution >= 0.6 is 11.6 Å². The summed E-state index contributed by atoms with van der Waals surface area (Å²) in [6, 6.07) is 8.29. The van der Waals surface area contributed by atoms with Crippen LogP contribution in [-0.2, 0) is 11.3 Å². The van der Waals surface area contributed by atoms with Crippen molar-refractivity contribution in [2.24, 2.45) is 5.41 Å². The number of alkyl halides is 2. The molecular weight excluding hydrogens is 608 g/mol. The Morgan fingerprint density at radius 3 is 2.78 bits per heavy atom. The van der Waals surface area contributed by atoms with Crippen LogP contribution in [0.3, 0.4) is 0 Å². The summed E-state index contributed by atoms with van der Waals surface area (Å²) in [6.07, 6.45) is 8.23. The van der Waals surface area contributed by atoms with Crippen molar-refractivity contribution in [3.63, 3.8) is 0 Å². The maximum absolute atomic E-state index is 13.3. The van der Waals surface area contributed by atoms with E-state index >= 15 is 0 Å². The minimum Gasteiger partial charge on any atom is -0.434 e. The minimum absolute atomic E-state index is 0.0851. The van der Waals surface area contributed by atoms with Crippen LogP contribution in [0.15, 0.2) is 49.1 Å². The molecule has 15 heteroatoms. The Kier molecular flexibility index (Phi) is 9.60. The molecular formula is C30H32ClF2N9O3. The van der Waals surface area contributed by atoms with E-state index in [1.54, 1.807) is 17.2 Å². The van der Waals surface area contributed by atoms with Crippen LogP contribution in [0.5, 0.6) is 5.75 Å². The molecule has 0 radical (unpaired) electrons. The van der Waals surface area contributed by atoms with E-state index in [1.807, 2.05) is 13.8 Å². The molecule has 0 aliphatic carbocycles. The first-order valence-electron chi connectivity index (χ1n) is 14.4. The number of benzene rings is 1. The second kappa shape index (κ2) is 13.6. The number of fused-ring (bicyclic) bond motifs is 1. The second-order valence-corrected chi connectivity index (χ2v) is 11.8. The fourth-order valence-electron chi connectivity index (χ4n) is 5.07. The highest BCUT2D eigenvalue weighted by atomic mass is 35.5. The summed E-state index contributed by atoms with van der Waals surface area (Å²) in [6.45, 7) is 2.34. The summed E-state index contributed by atoms with van der Waals surface area (Å²) in [5.74, 6) is -0.957. The number of nitrogens with zero attached hydrogens (tertiary/aromatic N) is 7. The minimum atomic E-state index is -3.12. The van der Waals surface area contributed by atoms with Gasteiger partial charge in [-0.2, -0.15) is 24.2 Å². The number of rotatable bonds is 11. The summed E-state index contributed by atoms with van der Waals surface area (Å²) in [5, 5.41) is 24.3. The third-order valence-electron chi connectivity index (χ3n) is 7.58. The van der Waals surface area contributed by atoms with Crippen molar-refractivity contribution in [2.45, 2.75) is 52.3 Å². The second-order valence-electron chi connectivity index (χ2n) is 11.4. The molecule has 4 heterocycles. The first-order chi connectivity index (χ1) is 21.5. The van der Waals surface area contributed by atoms with Gasteiger partial charge in [0.1, 0.15) is 23.6 Å². The predicted octanol–water partition coefficient (Wildman–Crippen LogP) is 4.62. The van der Waals surface area contributed by atoms with Gasteiger partial charge in [-0.1, -0.05) is 11.6 Å². The zero-order chi connectivity index (χ0) is 32.1. The smallest absolute Gasteiger partial charge is 0.387 e. The van der Waals surface area contributed by atoms with E-state index < -0.39 is 17.9 Å². The van der Waals surface area contributed by atoms with Crippen LogP contribution in [0.2, 0.25) is 5.02 Å². The number of ether oxygens (including phenoxy) is 1. The Morgan fingerprint density at radius 1 is 1.27 bits per heavy atom. The largest absolute Gasteiger partial charge is 0.434 e. The topological polar surface area (TPSA) is 142 Å². The van der Waals surface area contributed by atoms with Gasteiger partial charge in [0.15, 0.2) is 5.65 Å². The molecule has 12 nitrogen and oxygen atoms in total. The lowest BCUT2D eigenvalue weighted by molar-refractivity contribution is -0.133. The Morgan fingerprint density at radius 2 is 2.04 bits per heavy atom. The van der Waals surface area contributed by atoms with Crippen molar-refractivity contribution in [3.05, 3.63) is 59.6 Å². The number of amides is 2. The third-order valence-corrected chi connectivity index (χ3v) is 7.81. The maximum atomic E-state index is 13.3. The van der Waals surface area contributed by atoms with Gasteiger partial charge in [0.25, 0.3) is 5.91 Å². The fraction of sp³-hybridized carbons (Fsp3) is 0.400. The molecule has 2 amide bonds. The Labute approximate surface area is 262 Å². The van der Waals surface area contributed by atoms with Gasteiger partial charge in [0.2, 0.25) is 5.91 Å². The van der Waals surface area contributed by atoms with Crippen LogP contribution in [-0.4, -0.2) is 73.4 Å². The molecule has 1 saturated heterocycles. The maximum Gasteiger partial charge on any atom is 0.387 e. The van der Waals surface area contributed by atoms with E-state index in [9.17, 15) is 23.6 Å². The Hall–Kier alpha value is -4.61. The van der Waals surface area contributed by atoms with Gasteiger partial charge < -0.3 is 20.3 Å². The van der Waals surface area contributed by atoms with E-state index in [1.165, 1.54) is 46.0 Å². The molecule has 1 aliphatic heterocycles.